The van der Waals surface area contributed by atoms with Crippen LogP contribution >= 0.6 is 12.2 Å². The van der Waals surface area contributed by atoms with Crippen LogP contribution in [0.3, 0.4) is 0 Å². The molecule has 0 spiro atoms. The smallest absolute Gasteiger partial charge is 0.262 e. The molecular formula is C16H21N4O2S+. The van der Waals surface area contributed by atoms with Crippen LogP contribution in [0, 0.1) is 4.77 Å². The van der Waals surface area contributed by atoms with E-state index >= 15 is 0 Å². The lowest BCUT2D eigenvalue weighted by Crippen LogP contribution is -3.12. The number of hydrogen-bond donors (Lipinski definition) is 2. The van der Waals surface area contributed by atoms with Gasteiger partial charge in [-0.1, -0.05) is 12.1 Å². The average Bonchev–Trinajstić information content (AvgIpc) is 2.55. The quantitative estimate of drug-likeness (QED) is 0.765. The van der Waals surface area contributed by atoms with Gasteiger partial charge in [-0.05, 0) is 24.4 Å². The van der Waals surface area contributed by atoms with Crippen molar-refractivity contribution in [1.82, 2.24) is 14.5 Å². The normalized spacial score (nSPS) is 16.0. The first-order valence-electron chi connectivity index (χ1n) is 7.87. The molecule has 0 saturated carbocycles. The van der Waals surface area contributed by atoms with Crippen LogP contribution in [0.4, 0.5) is 0 Å². The van der Waals surface area contributed by atoms with Crippen molar-refractivity contribution in [2.24, 2.45) is 0 Å². The van der Waals surface area contributed by atoms with Crippen molar-refractivity contribution in [3.63, 3.8) is 0 Å². The van der Waals surface area contributed by atoms with Crippen molar-refractivity contribution in [1.29, 1.82) is 0 Å². The van der Waals surface area contributed by atoms with Gasteiger partial charge >= 0.3 is 0 Å². The zero-order chi connectivity index (χ0) is 16.4. The predicted molar refractivity (Wildman–Crippen MR) is 91.2 cm³/mol. The molecule has 2 heterocycles. The van der Waals surface area contributed by atoms with Crippen molar-refractivity contribution in [3.05, 3.63) is 39.4 Å². The highest BCUT2D eigenvalue weighted by atomic mass is 32.1. The summed E-state index contributed by atoms with van der Waals surface area (Å²) < 4.78 is 1.85. The van der Waals surface area contributed by atoms with E-state index in [1.54, 1.807) is 6.07 Å². The first-order chi connectivity index (χ1) is 11.1. The summed E-state index contributed by atoms with van der Waals surface area (Å²) >= 11 is 5.27. The van der Waals surface area contributed by atoms with Gasteiger partial charge in [-0.2, -0.15) is 0 Å². The number of piperazine rings is 1. The summed E-state index contributed by atoms with van der Waals surface area (Å²) in [6.07, 6.45) is 0.300. The molecule has 1 aromatic heterocycles. The summed E-state index contributed by atoms with van der Waals surface area (Å²) in [5.41, 5.74) is 0.590. The van der Waals surface area contributed by atoms with Crippen LogP contribution in [0.25, 0.3) is 10.9 Å². The molecule has 0 unspecified atom stereocenters. The molecule has 1 saturated heterocycles. The summed E-state index contributed by atoms with van der Waals surface area (Å²) in [5.74, 6) is 0.0898. The Balaban J connectivity index is 1.76. The zero-order valence-corrected chi connectivity index (χ0v) is 14.0. The molecule has 1 aliphatic rings. The van der Waals surface area contributed by atoms with Crippen molar-refractivity contribution >= 4 is 29.0 Å². The summed E-state index contributed by atoms with van der Waals surface area (Å²) in [6.45, 7) is 3.83. The van der Waals surface area contributed by atoms with Crippen LogP contribution in [0.2, 0.25) is 0 Å². The lowest BCUT2D eigenvalue weighted by Gasteiger charge is -2.30. The first kappa shape index (κ1) is 15.9. The second-order valence-corrected chi connectivity index (χ2v) is 6.41. The van der Waals surface area contributed by atoms with Gasteiger partial charge in [0.25, 0.3) is 5.56 Å². The molecule has 0 bridgehead atoms. The van der Waals surface area contributed by atoms with E-state index in [0.29, 0.717) is 23.1 Å². The van der Waals surface area contributed by atoms with Gasteiger partial charge < -0.3 is 14.8 Å². The lowest BCUT2D eigenvalue weighted by atomic mass is 10.2. The van der Waals surface area contributed by atoms with E-state index < -0.39 is 0 Å². The Morgan fingerprint density at radius 3 is 2.74 bits per heavy atom. The van der Waals surface area contributed by atoms with Gasteiger partial charge in [-0.25, -0.2) is 0 Å². The van der Waals surface area contributed by atoms with Crippen LogP contribution in [-0.2, 0) is 11.3 Å². The number of amides is 1. The second-order valence-electron chi connectivity index (χ2n) is 6.02. The van der Waals surface area contributed by atoms with E-state index in [2.05, 4.69) is 12.0 Å². The fourth-order valence-electron chi connectivity index (χ4n) is 2.91. The molecule has 3 rings (SSSR count). The Hall–Kier alpha value is -1.99. The molecule has 6 nitrogen and oxygen atoms in total. The van der Waals surface area contributed by atoms with E-state index in [0.717, 1.165) is 31.7 Å². The molecule has 1 fully saturated rings. The van der Waals surface area contributed by atoms with E-state index in [4.69, 9.17) is 12.2 Å². The van der Waals surface area contributed by atoms with Crippen LogP contribution < -0.4 is 10.5 Å². The number of aromatic nitrogens is 2. The lowest BCUT2D eigenvalue weighted by molar-refractivity contribution is -0.883. The van der Waals surface area contributed by atoms with E-state index in [1.807, 2.05) is 23.1 Å². The molecule has 0 aliphatic carbocycles. The van der Waals surface area contributed by atoms with Crippen LogP contribution in [-0.4, -0.2) is 53.6 Å². The number of hydrogen-bond acceptors (Lipinski definition) is 3. The van der Waals surface area contributed by atoms with E-state index in [1.165, 1.54) is 9.47 Å². The van der Waals surface area contributed by atoms with E-state index in [-0.39, 0.29) is 11.5 Å². The number of aromatic amines is 1. The Bertz CT molecular complexity index is 834. The summed E-state index contributed by atoms with van der Waals surface area (Å²) in [5, 5.41) is 0.594. The number of carbonyl (C=O) groups is 1. The number of carbonyl (C=O) groups excluding carboxylic acids is 1. The molecule has 23 heavy (non-hydrogen) atoms. The minimum absolute atomic E-state index is 0.0898. The number of nitrogens with one attached hydrogen (secondary N) is 2. The molecule has 122 valence electrons. The highest BCUT2D eigenvalue weighted by Crippen LogP contribution is 2.06. The summed E-state index contributed by atoms with van der Waals surface area (Å²) in [4.78, 5) is 31.2. The molecule has 2 N–H and O–H groups in total. The van der Waals surface area contributed by atoms with Gasteiger partial charge in [0.2, 0.25) is 5.91 Å². The summed E-state index contributed by atoms with van der Waals surface area (Å²) in [6, 6.07) is 7.28. The topological polar surface area (TPSA) is 62.5 Å². The van der Waals surface area contributed by atoms with Crippen molar-refractivity contribution < 1.29 is 9.69 Å². The number of benzene rings is 1. The number of rotatable bonds is 3. The molecule has 1 amide bonds. The fraction of sp³-hybridized carbons (Fsp3) is 0.438. The van der Waals surface area contributed by atoms with Gasteiger partial charge in [0.1, 0.15) is 0 Å². The standard InChI is InChI=1S/C16H20N4O2S/c1-18-8-10-19(11-9-18)14(21)6-7-20-15(22)12-4-2-3-5-13(12)17-16(20)23/h2-5H,6-11H2,1H3,(H,17,23)/p+1. The molecule has 2 aromatic rings. The first-order valence-corrected chi connectivity index (χ1v) is 8.28. The number of fused-ring (bicyclic) bond motifs is 1. The highest BCUT2D eigenvalue weighted by molar-refractivity contribution is 7.71. The third-order valence-corrected chi connectivity index (χ3v) is 4.73. The number of para-hydroxylation sites is 1. The maximum atomic E-state index is 12.5. The predicted octanol–water partition coefficient (Wildman–Crippen LogP) is -0.194. The van der Waals surface area contributed by atoms with Crippen LogP contribution in [0.5, 0.6) is 0 Å². The summed E-state index contributed by atoms with van der Waals surface area (Å²) in [7, 11) is 2.13. The fourth-order valence-corrected chi connectivity index (χ4v) is 3.19. The Labute approximate surface area is 139 Å². The van der Waals surface area contributed by atoms with Crippen LogP contribution in [0.15, 0.2) is 29.1 Å². The minimum Gasteiger partial charge on any atom is -0.334 e. The Kier molecular flexibility index (Phi) is 4.58. The molecule has 0 atom stereocenters. The minimum atomic E-state index is -0.139. The molecule has 1 aromatic carbocycles. The third-order valence-electron chi connectivity index (χ3n) is 4.41. The second kappa shape index (κ2) is 6.64. The van der Waals surface area contributed by atoms with Crippen molar-refractivity contribution in [3.8, 4) is 0 Å². The third kappa shape index (κ3) is 3.35. The highest BCUT2D eigenvalue weighted by Gasteiger charge is 2.21. The molecule has 7 heteroatoms. The average molecular weight is 333 g/mol. The van der Waals surface area contributed by atoms with E-state index in [9.17, 15) is 9.59 Å². The number of quaternary nitrogens is 1. The number of nitrogens with zero attached hydrogens (tertiary/aromatic N) is 2. The number of likely N-dealkylation sites (N-methyl/N-ethyl adjacent to an activating group) is 1. The van der Waals surface area contributed by atoms with Gasteiger partial charge in [-0.15, -0.1) is 0 Å². The maximum absolute atomic E-state index is 12.5. The van der Waals surface area contributed by atoms with Gasteiger partial charge in [-0.3, -0.25) is 14.2 Å². The Morgan fingerprint density at radius 2 is 2.00 bits per heavy atom. The molecule has 0 radical (unpaired) electrons. The van der Waals surface area contributed by atoms with Gasteiger partial charge in [0.05, 0.1) is 44.1 Å². The van der Waals surface area contributed by atoms with Crippen LogP contribution in [0.1, 0.15) is 6.42 Å². The van der Waals surface area contributed by atoms with Gasteiger partial charge in [0.15, 0.2) is 4.77 Å². The van der Waals surface area contributed by atoms with Crippen molar-refractivity contribution in [2.75, 3.05) is 33.2 Å². The zero-order valence-electron chi connectivity index (χ0n) is 13.2. The monoisotopic (exact) mass is 333 g/mol. The van der Waals surface area contributed by atoms with Crippen molar-refractivity contribution in [2.45, 2.75) is 13.0 Å². The largest absolute Gasteiger partial charge is 0.334 e. The SMILES string of the molecule is C[NH+]1CCN(C(=O)CCn2c(=S)[nH]c3ccccc3c2=O)CC1. The molecular weight excluding hydrogens is 312 g/mol. The van der Waals surface area contributed by atoms with Gasteiger partial charge in [0, 0.05) is 13.0 Å². The number of H-pyrrole nitrogens is 1. The maximum Gasteiger partial charge on any atom is 0.262 e. The Morgan fingerprint density at radius 1 is 1.30 bits per heavy atom. The molecule has 1 aliphatic heterocycles.